The van der Waals surface area contributed by atoms with Gasteiger partial charge in [0.2, 0.25) is 11.8 Å². The molecule has 0 bridgehead atoms. The molecule has 0 saturated carbocycles. The number of hydrogen-bond acceptors (Lipinski definition) is 2. The first-order valence-corrected chi connectivity index (χ1v) is 8.13. The zero-order valence-corrected chi connectivity index (χ0v) is 14.5. The summed E-state index contributed by atoms with van der Waals surface area (Å²) in [6, 6.07) is 8.99. The summed E-state index contributed by atoms with van der Waals surface area (Å²) in [6.07, 6.45) is 0.745. The molecule has 0 aliphatic heterocycles. The van der Waals surface area contributed by atoms with Gasteiger partial charge in [-0.1, -0.05) is 19.1 Å². The van der Waals surface area contributed by atoms with Crippen LogP contribution in [0, 0.1) is 17.5 Å². The highest BCUT2D eigenvalue weighted by molar-refractivity contribution is 5.94. The van der Waals surface area contributed by atoms with Crippen LogP contribution in [0.15, 0.2) is 36.4 Å². The number of halogens is 3. The predicted octanol–water partition coefficient (Wildman–Crippen LogP) is 4.05. The summed E-state index contributed by atoms with van der Waals surface area (Å²) in [5, 5.41) is 2.67. The van der Waals surface area contributed by atoms with Crippen molar-refractivity contribution in [3.05, 3.63) is 59.4 Å². The molecule has 0 fully saturated rings. The van der Waals surface area contributed by atoms with Gasteiger partial charge >= 0.3 is 0 Å². The zero-order valence-electron chi connectivity index (χ0n) is 14.5. The van der Waals surface area contributed by atoms with Crippen LogP contribution < -0.4 is 10.2 Å². The van der Waals surface area contributed by atoms with Crippen molar-refractivity contribution in [1.29, 1.82) is 0 Å². The third-order valence-corrected chi connectivity index (χ3v) is 3.89. The Kier molecular flexibility index (Phi) is 6.38. The Balaban J connectivity index is 2.05. The summed E-state index contributed by atoms with van der Waals surface area (Å²) in [5.41, 5.74) is 1.32. The summed E-state index contributed by atoms with van der Waals surface area (Å²) in [6.45, 7) is 3.00. The van der Waals surface area contributed by atoms with Crippen molar-refractivity contribution in [3.63, 3.8) is 0 Å². The highest BCUT2D eigenvalue weighted by atomic mass is 19.2. The van der Waals surface area contributed by atoms with E-state index in [1.54, 1.807) is 12.1 Å². The lowest BCUT2D eigenvalue weighted by Crippen LogP contribution is -2.33. The SMILES string of the molecule is CCc1ccc(NC(=O)CCN(C(C)=O)c2ccc(F)c(F)c2F)cc1. The zero-order chi connectivity index (χ0) is 19.3. The normalized spacial score (nSPS) is 10.5. The summed E-state index contributed by atoms with van der Waals surface area (Å²) in [5.74, 6) is -5.44. The fourth-order valence-electron chi connectivity index (χ4n) is 2.43. The van der Waals surface area contributed by atoms with E-state index in [9.17, 15) is 22.8 Å². The largest absolute Gasteiger partial charge is 0.326 e. The van der Waals surface area contributed by atoms with E-state index < -0.39 is 29.0 Å². The van der Waals surface area contributed by atoms with Crippen LogP contribution in [0.2, 0.25) is 0 Å². The number of nitrogens with one attached hydrogen (secondary N) is 1. The second kappa shape index (κ2) is 8.51. The van der Waals surface area contributed by atoms with Crippen molar-refractivity contribution in [2.75, 3.05) is 16.8 Å². The van der Waals surface area contributed by atoms with E-state index >= 15 is 0 Å². The number of nitrogens with zero attached hydrogens (tertiary/aromatic N) is 1. The smallest absolute Gasteiger partial charge is 0.226 e. The standard InChI is InChI=1S/C19H19F3N2O2/c1-3-13-4-6-14(7-5-13)23-17(26)10-11-24(12(2)25)16-9-8-15(20)18(21)19(16)22/h4-9H,3,10-11H2,1-2H3,(H,23,26). The minimum Gasteiger partial charge on any atom is -0.326 e. The fraction of sp³-hybridized carbons (Fsp3) is 0.263. The lowest BCUT2D eigenvalue weighted by atomic mass is 10.1. The van der Waals surface area contributed by atoms with Crippen molar-refractivity contribution in [1.82, 2.24) is 0 Å². The second-order valence-corrected chi connectivity index (χ2v) is 5.71. The number of carbonyl (C=O) groups excluding carboxylic acids is 2. The third kappa shape index (κ3) is 4.62. The topological polar surface area (TPSA) is 49.4 Å². The Morgan fingerprint density at radius 1 is 1.00 bits per heavy atom. The van der Waals surface area contributed by atoms with Crippen LogP contribution in [-0.4, -0.2) is 18.4 Å². The van der Waals surface area contributed by atoms with Gasteiger partial charge in [0.05, 0.1) is 5.69 Å². The molecule has 0 aliphatic rings. The average Bonchev–Trinajstić information content (AvgIpc) is 2.62. The Morgan fingerprint density at radius 3 is 2.23 bits per heavy atom. The van der Waals surface area contributed by atoms with Crippen molar-refractivity contribution in [2.24, 2.45) is 0 Å². The molecule has 26 heavy (non-hydrogen) atoms. The predicted molar refractivity (Wildman–Crippen MR) is 93.4 cm³/mol. The van der Waals surface area contributed by atoms with Gasteiger partial charge < -0.3 is 10.2 Å². The van der Waals surface area contributed by atoms with Crippen LogP contribution in [0.5, 0.6) is 0 Å². The summed E-state index contributed by atoms with van der Waals surface area (Å²) in [7, 11) is 0. The Morgan fingerprint density at radius 2 is 1.65 bits per heavy atom. The number of aryl methyl sites for hydroxylation is 1. The molecule has 0 heterocycles. The van der Waals surface area contributed by atoms with Gasteiger partial charge in [-0.05, 0) is 36.2 Å². The van der Waals surface area contributed by atoms with Gasteiger partial charge in [-0.15, -0.1) is 0 Å². The van der Waals surface area contributed by atoms with E-state index in [-0.39, 0.29) is 18.9 Å². The van der Waals surface area contributed by atoms with Gasteiger partial charge in [0.15, 0.2) is 17.5 Å². The van der Waals surface area contributed by atoms with Gasteiger partial charge in [-0.2, -0.15) is 0 Å². The molecule has 1 N–H and O–H groups in total. The van der Waals surface area contributed by atoms with E-state index in [0.29, 0.717) is 5.69 Å². The molecule has 0 aliphatic carbocycles. The van der Waals surface area contributed by atoms with Gasteiger partial charge in [0.1, 0.15) is 0 Å². The van der Waals surface area contributed by atoms with Gasteiger partial charge in [0.25, 0.3) is 0 Å². The summed E-state index contributed by atoms with van der Waals surface area (Å²) < 4.78 is 40.4. The molecule has 138 valence electrons. The second-order valence-electron chi connectivity index (χ2n) is 5.71. The molecule has 2 amide bonds. The molecule has 0 aromatic heterocycles. The molecule has 0 spiro atoms. The van der Waals surface area contributed by atoms with E-state index in [2.05, 4.69) is 5.32 Å². The third-order valence-electron chi connectivity index (χ3n) is 3.89. The minimum absolute atomic E-state index is 0.131. The lowest BCUT2D eigenvalue weighted by molar-refractivity contribution is -0.117. The monoisotopic (exact) mass is 364 g/mol. The average molecular weight is 364 g/mol. The number of benzene rings is 2. The van der Waals surface area contributed by atoms with E-state index in [0.717, 1.165) is 35.9 Å². The Labute approximate surface area is 149 Å². The molecule has 2 aromatic rings. The van der Waals surface area contributed by atoms with Crippen LogP contribution in [-0.2, 0) is 16.0 Å². The van der Waals surface area contributed by atoms with Crippen molar-refractivity contribution in [3.8, 4) is 0 Å². The van der Waals surface area contributed by atoms with E-state index in [1.165, 1.54) is 0 Å². The first-order valence-electron chi connectivity index (χ1n) is 8.13. The molecule has 2 rings (SSSR count). The van der Waals surface area contributed by atoms with Crippen LogP contribution >= 0.6 is 0 Å². The van der Waals surface area contributed by atoms with Crippen LogP contribution in [0.4, 0.5) is 24.5 Å². The maximum Gasteiger partial charge on any atom is 0.226 e. The Hall–Kier alpha value is -2.83. The van der Waals surface area contributed by atoms with Crippen molar-refractivity contribution >= 4 is 23.2 Å². The minimum atomic E-state index is -1.66. The van der Waals surface area contributed by atoms with Crippen LogP contribution in [0.3, 0.4) is 0 Å². The molecule has 2 aromatic carbocycles. The molecular formula is C19H19F3N2O2. The van der Waals surface area contributed by atoms with Gasteiger partial charge in [-0.25, -0.2) is 13.2 Å². The molecular weight excluding hydrogens is 345 g/mol. The fourth-order valence-corrected chi connectivity index (χ4v) is 2.43. The van der Waals surface area contributed by atoms with Gasteiger partial charge in [0, 0.05) is 25.6 Å². The summed E-state index contributed by atoms with van der Waals surface area (Å²) in [4.78, 5) is 24.7. The highest BCUT2D eigenvalue weighted by Crippen LogP contribution is 2.24. The first-order chi connectivity index (χ1) is 12.3. The number of anilines is 2. The maximum atomic E-state index is 13.9. The first kappa shape index (κ1) is 19.5. The molecule has 0 unspecified atom stereocenters. The van der Waals surface area contributed by atoms with E-state index in [4.69, 9.17) is 0 Å². The quantitative estimate of drug-likeness (QED) is 0.787. The Bertz CT molecular complexity index is 807. The summed E-state index contributed by atoms with van der Waals surface area (Å²) >= 11 is 0. The molecule has 0 saturated heterocycles. The number of rotatable bonds is 6. The number of carbonyl (C=O) groups is 2. The number of hydrogen-bond donors (Lipinski definition) is 1. The highest BCUT2D eigenvalue weighted by Gasteiger charge is 2.21. The molecule has 0 radical (unpaired) electrons. The van der Waals surface area contributed by atoms with Crippen molar-refractivity contribution < 1.29 is 22.8 Å². The molecule has 0 atom stereocenters. The van der Waals surface area contributed by atoms with Gasteiger partial charge in [-0.3, -0.25) is 9.59 Å². The van der Waals surface area contributed by atoms with E-state index in [1.807, 2.05) is 19.1 Å². The van der Waals surface area contributed by atoms with Crippen LogP contribution in [0.1, 0.15) is 25.8 Å². The number of amides is 2. The molecule has 7 heteroatoms. The van der Waals surface area contributed by atoms with Crippen molar-refractivity contribution in [2.45, 2.75) is 26.7 Å². The molecule has 4 nitrogen and oxygen atoms in total. The van der Waals surface area contributed by atoms with Crippen LogP contribution in [0.25, 0.3) is 0 Å². The maximum absolute atomic E-state index is 13.9. The lowest BCUT2D eigenvalue weighted by Gasteiger charge is -2.21.